The third-order valence-electron chi connectivity index (χ3n) is 5.64. The molecule has 3 rings (SSSR count). The summed E-state index contributed by atoms with van der Waals surface area (Å²) in [4.78, 5) is 17.4. The van der Waals surface area contributed by atoms with E-state index in [2.05, 4.69) is 17.2 Å². The number of carbonyl (C=O) groups is 1. The van der Waals surface area contributed by atoms with Crippen LogP contribution >= 0.6 is 0 Å². The van der Waals surface area contributed by atoms with E-state index >= 15 is 0 Å². The van der Waals surface area contributed by atoms with Crippen molar-refractivity contribution in [1.29, 1.82) is 5.26 Å². The molecule has 1 aromatic rings. The Bertz CT molecular complexity index is 663. The van der Waals surface area contributed by atoms with Crippen LogP contribution in [0.1, 0.15) is 37.4 Å². The first kappa shape index (κ1) is 18.0. The number of rotatable bonds is 6. The van der Waals surface area contributed by atoms with Crippen LogP contribution in [0.4, 0.5) is 0 Å². The predicted octanol–water partition coefficient (Wildman–Crippen LogP) is 1.84. The highest BCUT2D eigenvalue weighted by molar-refractivity contribution is 5.84. The Balaban J connectivity index is 1.65. The second-order valence-corrected chi connectivity index (χ2v) is 7.26. The van der Waals surface area contributed by atoms with Gasteiger partial charge in [-0.25, -0.2) is 0 Å². The molecule has 1 unspecified atom stereocenters. The summed E-state index contributed by atoms with van der Waals surface area (Å²) in [5.74, 6) is 0.308. The molecular weight excluding hydrogens is 316 g/mol. The van der Waals surface area contributed by atoms with Crippen molar-refractivity contribution in [1.82, 2.24) is 14.4 Å². The van der Waals surface area contributed by atoms with Crippen LogP contribution in [0.3, 0.4) is 0 Å². The van der Waals surface area contributed by atoms with Crippen LogP contribution < -0.4 is 0 Å². The van der Waals surface area contributed by atoms with E-state index in [1.54, 1.807) is 7.11 Å². The van der Waals surface area contributed by atoms with Crippen molar-refractivity contribution in [3.8, 4) is 6.07 Å². The lowest BCUT2D eigenvalue weighted by atomic mass is 9.78. The van der Waals surface area contributed by atoms with Crippen molar-refractivity contribution in [3.05, 3.63) is 23.5 Å². The number of aryl methyl sites for hydroxylation is 1. The highest BCUT2D eigenvalue weighted by atomic mass is 16.5. The maximum Gasteiger partial charge on any atom is 0.230 e. The quantitative estimate of drug-likeness (QED) is 0.790. The first-order valence-corrected chi connectivity index (χ1v) is 9.21. The second kappa shape index (κ2) is 7.59. The molecule has 1 amide bonds. The number of hydrogen-bond acceptors (Lipinski definition) is 4. The fraction of sp³-hybridized carbons (Fsp3) is 0.684. The van der Waals surface area contributed by atoms with Gasteiger partial charge in [-0.2, -0.15) is 5.26 Å². The molecular formula is C19H28N4O2. The molecule has 6 nitrogen and oxygen atoms in total. The van der Waals surface area contributed by atoms with E-state index in [9.17, 15) is 10.1 Å². The molecule has 3 heterocycles. The van der Waals surface area contributed by atoms with Gasteiger partial charge < -0.3 is 14.2 Å². The fourth-order valence-corrected chi connectivity index (χ4v) is 4.31. The number of amides is 1. The lowest BCUT2D eigenvalue weighted by molar-refractivity contribution is -0.146. The van der Waals surface area contributed by atoms with Gasteiger partial charge in [-0.15, -0.1) is 0 Å². The summed E-state index contributed by atoms with van der Waals surface area (Å²) in [5.41, 5.74) is 1.66. The average Bonchev–Trinajstić information content (AvgIpc) is 3.21. The number of likely N-dealkylation sites (tertiary alicyclic amines) is 2. The van der Waals surface area contributed by atoms with Crippen LogP contribution in [0.5, 0.6) is 0 Å². The van der Waals surface area contributed by atoms with Gasteiger partial charge in [0.15, 0.2) is 0 Å². The van der Waals surface area contributed by atoms with Gasteiger partial charge in [0.05, 0.1) is 12.0 Å². The van der Waals surface area contributed by atoms with E-state index in [1.165, 1.54) is 0 Å². The third-order valence-corrected chi connectivity index (χ3v) is 5.64. The first-order chi connectivity index (χ1) is 12.1. The van der Waals surface area contributed by atoms with Crippen LogP contribution in [0.25, 0.3) is 0 Å². The van der Waals surface area contributed by atoms with Gasteiger partial charge in [-0.05, 0) is 44.4 Å². The summed E-state index contributed by atoms with van der Waals surface area (Å²) in [5, 5.41) is 9.21. The summed E-state index contributed by atoms with van der Waals surface area (Å²) in [7, 11) is 1.68. The van der Waals surface area contributed by atoms with Gasteiger partial charge in [0, 0.05) is 46.0 Å². The van der Waals surface area contributed by atoms with Crippen LogP contribution in [-0.4, -0.2) is 60.2 Å². The Hall–Kier alpha value is -1.84. The summed E-state index contributed by atoms with van der Waals surface area (Å²) in [6.07, 6.45) is 5.07. The van der Waals surface area contributed by atoms with E-state index in [4.69, 9.17) is 4.74 Å². The monoisotopic (exact) mass is 344 g/mol. The second-order valence-electron chi connectivity index (χ2n) is 7.26. The molecule has 136 valence electrons. The number of piperidine rings is 1. The molecule has 25 heavy (non-hydrogen) atoms. The summed E-state index contributed by atoms with van der Waals surface area (Å²) in [6, 6.07) is 4.23. The topological polar surface area (TPSA) is 61.5 Å². The Morgan fingerprint density at radius 1 is 1.36 bits per heavy atom. The van der Waals surface area contributed by atoms with Crippen molar-refractivity contribution in [2.24, 2.45) is 5.41 Å². The Morgan fingerprint density at radius 2 is 2.20 bits per heavy atom. The Kier molecular flexibility index (Phi) is 5.45. The zero-order valence-electron chi connectivity index (χ0n) is 15.3. The van der Waals surface area contributed by atoms with Crippen LogP contribution in [-0.2, 0) is 22.6 Å². The molecule has 0 N–H and O–H groups in total. The maximum absolute atomic E-state index is 13.0. The molecule has 1 atom stereocenters. The minimum atomic E-state index is -0.211. The number of methoxy groups -OCH3 is 1. The molecule has 0 aliphatic carbocycles. The van der Waals surface area contributed by atoms with Crippen molar-refractivity contribution < 1.29 is 9.53 Å². The van der Waals surface area contributed by atoms with Gasteiger partial charge in [0.25, 0.3) is 0 Å². The van der Waals surface area contributed by atoms with Gasteiger partial charge in [-0.3, -0.25) is 9.69 Å². The van der Waals surface area contributed by atoms with Crippen LogP contribution in [0, 0.1) is 16.7 Å². The molecule has 1 spiro atoms. The molecule has 0 aromatic carbocycles. The first-order valence-electron chi connectivity index (χ1n) is 9.21. The van der Waals surface area contributed by atoms with Crippen molar-refractivity contribution >= 4 is 5.91 Å². The predicted molar refractivity (Wildman–Crippen MR) is 94.8 cm³/mol. The molecule has 6 heteroatoms. The number of hydrogen-bond donors (Lipinski definition) is 0. The Labute approximate surface area is 150 Å². The molecule has 1 aromatic heterocycles. The zero-order valence-corrected chi connectivity index (χ0v) is 15.3. The van der Waals surface area contributed by atoms with E-state index in [-0.39, 0.29) is 5.41 Å². The van der Waals surface area contributed by atoms with Crippen molar-refractivity contribution in [2.45, 2.75) is 39.3 Å². The van der Waals surface area contributed by atoms with Gasteiger partial charge in [0.1, 0.15) is 11.8 Å². The van der Waals surface area contributed by atoms with E-state index in [0.717, 1.165) is 57.5 Å². The maximum atomic E-state index is 13.0. The highest BCUT2D eigenvalue weighted by Gasteiger charge is 2.48. The highest BCUT2D eigenvalue weighted by Crippen LogP contribution is 2.40. The summed E-state index contributed by atoms with van der Waals surface area (Å²) >= 11 is 0. The van der Waals surface area contributed by atoms with Crippen LogP contribution in [0.15, 0.2) is 12.3 Å². The lowest BCUT2D eigenvalue weighted by Crippen LogP contribution is -2.50. The van der Waals surface area contributed by atoms with Gasteiger partial charge >= 0.3 is 0 Å². The minimum Gasteiger partial charge on any atom is -0.383 e. The van der Waals surface area contributed by atoms with E-state index in [1.807, 2.05) is 22.5 Å². The van der Waals surface area contributed by atoms with E-state index < -0.39 is 0 Å². The normalized spacial score (nSPS) is 24.2. The molecule has 0 bridgehead atoms. The molecule has 2 fully saturated rings. The number of carbonyl (C=O) groups excluding carboxylic acids is 1. The van der Waals surface area contributed by atoms with Crippen molar-refractivity contribution in [3.63, 3.8) is 0 Å². The number of nitrogens with zero attached hydrogens (tertiary/aromatic N) is 4. The van der Waals surface area contributed by atoms with E-state index in [0.29, 0.717) is 24.8 Å². The van der Waals surface area contributed by atoms with Gasteiger partial charge in [0.2, 0.25) is 5.91 Å². The average molecular weight is 344 g/mol. The molecule has 2 aliphatic rings. The molecule has 2 saturated heterocycles. The van der Waals surface area contributed by atoms with Crippen LogP contribution in [0.2, 0.25) is 0 Å². The van der Waals surface area contributed by atoms with Gasteiger partial charge in [-0.1, -0.05) is 0 Å². The molecule has 0 radical (unpaired) electrons. The molecule has 0 saturated carbocycles. The SMILES string of the molecule is CCn1cc(CN2CCC3(CCCN(CCOC)C3=O)C2)cc1C#N. The largest absolute Gasteiger partial charge is 0.383 e. The standard InChI is InChI=1S/C19H28N4O2/c1-3-22-14-16(11-17(22)12-20)13-21-8-6-19(15-21)5-4-7-23(18(19)24)9-10-25-2/h11,14H,3-10,13,15H2,1-2H3. The number of aromatic nitrogens is 1. The summed E-state index contributed by atoms with van der Waals surface area (Å²) in [6.45, 7) is 7.60. The Morgan fingerprint density at radius 3 is 2.88 bits per heavy atom. The fourth-order valence-electron chi connectivity index (χ4n) is 4.31. The minimum absolute atomic E-state index is 0.211. The smallest absolute Gasteiger partial charge is 0.230 e. The third kappa shape index (κ3) is 3.58. The summed E-state index contributed by atoms with van der Waals surface area (Å²) < 4.78 is 7.13. The molecule has 2 aliphatic heterocycles. The zero-order chi connectivity index (χ0) is 17.9. The number of nitriles is 1. The lowest BCUT2D eigenvalue weighted by Gasteiger charge is -2.39. The number of ether oxygens (including phenoxy) is 1. The van der Waals surface area contributed by atoms with Crippen molar-refractivity contribution in [2.75, 3.05) is 39.9 Å².